The van der Waals surface area contributed by atoms with E-state index in [1.165, 1.54) is 0 Å². The monoisotopic (exact) mass is 725 g/mol. The molecule has 26 nitrogen and oxygen atoms in total. The Hall–Kier alpha value is -2.62. The van der Waals surface area contributed by atoms with Gasteiger partial charge < -0.3 is 130 Å². The summed E-state index contributed by atoms with van der Waals surface area (Å²) in [5.41, 5.74) is 51.0. The summed E-state index contributed by atoms with van der Waals surface area (Å²) < 4.78 is 0. The molecular formula is C6H26BrCr3N12O14. The van der Waals surface area contributed by atoms with Gasteiger partial charge in [-0.3, -0.25) is 0 Å². The van der Waals surface area contributed by atoms with Crippen LogP contribution in [0.1, 0.15) is 0 Å². The van der Waals surface area contributed by atoms with Gasteiger partial charge in [0, 0.05) is 0 Å². The van der Waals surface area contributed by atoms with Crippen molar-refractivity contribution in [1.29, 1.82) is 0 Å². The van der Waals surface area contributed by atoms with E-state index in [0.29, 0.717) is 0 Å². The Morgan fingerprint density at radius 3 is 0.278 bits per heavy atom. The maximum Gasteiger partial charge on any atom is 5.00 e. The Morgan fingerprint density at radius 1 is 0.278 bits per heavy atom. The summed E-state index contributed by atoms with van der Waals surface area (Å²) >= 11 is 0. The molecule has 3 radical (unpaired) electrons. The fraction of sp³-hybridized carbons (Fsp3) is 0. The first-order valence-corrected chi connectivity index (χ1v) is 4.69. The SMILES string of the molecule is NC(N)=O.NC(N)=O.NC(N)=O.NC(N)=O.NC(N)=O.NC(N)=O.O.[Br-].[Cr+5].[Cr+5].[Cr+5].[O-2].[O-2].[O-2].[O-2].[O-2].[O-2].[O-2]. The normalized spacial score (nSPS) is 4.00. The van der Waals surface area contributed by atoms with Crippen LogP contribution in [0.2, 0.25) is 0 Å². The molecule has 0 aromatic carbocycles. The average Bonchev–Trinajstić information content (AvgIpc) is 2.08. The molecule has 0 aliphatic carbocycles. The van der Waals surface area contributed by atoms with E-state index in [2.05, 4.69) is 68.8 Å². The predicted molar refractivity (Wildman–Crippen MR) is 91.0 cm³/mol. The molecule has 0 aliphatic rings. The van der Waals surface area contributed by atoms with E-state index in [9.17, 15) is 0 Å². The van der Waals surface area contributed by atoms with E-state index >= 15 is 0 Å². The van der Waals surface area contributed by atoms with Gasteiger partial charge in [0.15, 0.2) is 0 Å². The molecule has 0 aromatic heterocycles. The van der Waals surface area contributed by atoms with Crippen molar-refractivity contribution in [2.45, 2.75) is 0 Å². The van der Waals surface area contributed by atoms with Crippen LogP contribution in [0, 0.1) is 0 Å². The maximum atomic E-state index is 9.00. The Labute approximate surface area is 246 Å². The van der Waals surface area contributed by atoms with Crippen molar-refractivity contribution >= 4 is 36.2 Å². The Morgan fingerprint density at radius 2 is 0.278 bits per heavy atom. The molecule has 0 saturated heterocycles. The number of rotatable bonds is 0. The number of nitrogens with two attached hydrogens (primary N) is 12. The summed E-state index contributed by atoms with van der Waals surface area (Å²) in [6.45, 7) is 0. The summed E-state index contributed by atoms with van der Waals surface area (Å²) in [5, 5.41) is 0. The molecule has 26 N–H and O–H groups in total. The second-order valence-electron chi connectivity index (χ2n) is 2.41. The fourth-order valence-electron chi connectivity index (χ4n) is 0. The van der Waals surface area contributed by atoms with Crippen LogP contribution in [0.4, 0.5) is 28.8 Å². The molecule has 0 atom stereocenters. The van der Waals surface area contributed by atoms with Gasteiger partial charge in [-0.05, 0) is 0 Å². The van der Waals surface area contributed by atoms with Crippen molar-refractivity contribution in [2.24, 2.45) is 68.8 Å². The Balaban J connectivity index is -0.00000000633. The van der Waals surface area contributed by atoms with Gasteiger partial charge >= 0.3 is 88.3 Å². The van der Waals surface area contributed by atoms with Gasteiger partial charge in [0.2, 0.25) is 0 Å². The van der Waals surface area contributed by atoms with Crippen LogP contribution in [0.15, 0.2) is 0 Å². The second-order valence-corrected chi connectivity index (χ2v) is 2.41. The minimum absolute atomic E-state index is 0. The van der Waals surface area contributed by atoms with E-state index in [0.717, 1.165) is 0 Å². The van der Waals surface area contributed by atoms with Crippen LogP contribution in [0.3, 0.4) is 0 Å². The van der Waals surface area contributed by atoms with Gasteiger partial charge in [0.25, 0.3) is 0 Å². The van der Waals surface area contributed by atoms with Crippen molar-refractivity contribution in [3.63, 3.8) is 0 Å². The summed E-state index contributed by atoms with van der Waals surface area (Å²) in [7, 11) is 0. The minimum atomic E-state index is -0.833. The number of carbonyl (C=O) groups is 6. The van der Waals surface area contributed by atoms with Gasteiger partial charge in [0.1, 0.15) is 0 Å². The number of carbonyl (C=O) groups excluding carboxylic acids is 6. The summed E-state index contributed by atoms with van der Waals surface area (Å²) in [6, 6.07) is -5.00. The van der Waals surface area contributed by atoms with Crippen molar-refractivity contribution in [3.8, 4) is 0 Å². The standard InChI is InChI=1S/6CH4N2O.BrH.3Cr.H2O.7O/c6*2-1(3)4;;;;;;;;;;;;/h6*(H4,2,3,4);1H;;;;1H2;;;;;;;/q;;;;;;;3*+5;;7*-2/p-1. The van der Waals surface area contributed by atoms with Gasteiger partial charge in [-0.2, -0.15) is 0 Å². The van der Waals surface area contributed by atoms with E-state index in [1.54, 1.807) is 0 Å². The molecule has 0 fully saturated rings. The van der Waals surface area contributed by atoms with Gasteiger partial charge in [0.05, 0.1) is 0 Å². The molecule has 0 rings (SSSR count). The van der Waals surface area contributed by atoms with Crippen LogP contribution in [-0.2, 0) is 90.4 Å². The third-order valence-electron chi connectivity index (χ3n) is 0. The molecular weight excluding hydrogens is 700 g/mol. The molecule has 0 unspecified atom stereocenters. The smallest absolute Gasteiger partial charge is 2.00 e. The average molecular weight is 726 g/mol. The van der Waals surface area contributed by atoms with Crippen molar-refractivity contribution in [3.05, 3.63) is 0 Å². The molecule has 36 heavy (non-hydrogen) atoms. The zero-order valence-electron chi connectivity index (χ0n) is 17.3. The van der Waals surface area contributed by atoms with Crippen LogP contribution < -0.4 is 85.8 Å². The Bertz CT molecular complexity index is 301. The minimum Gasteiger partial charge on any atom is -2.00 e. The van der Waals surface area contributed by atoms with Gasteiger partial charge in [-0.25, -0.2) is 28.8 Å². The first-order chi connectivity index (χ1) is 10.4. The number of halogens is 1. The quantitative estimate of drug-likeness (QED) is 0.115. The van der Waals surface area contributed by atoms with Crippen molar-refractivity contribution < 1.29 is 142 Å². The molecule has 219 valence electrons. The molecule has 0 saturated carbocycles. The van der Waals surface area contributed by atoms with E-state index in [1.807, 2.05) is 0 Å². The molecule has 0 bridgehead atoms. The molecule has 0 heterocycles. The zero-order chi connectivity index (χ0) is 21.5. The first-order valence-electron chi connectivity index (χ1n) is 4.69. The topological polar surface area (TPSA) is 646 Å². The van der Waals surface area contributed by atoms with Crippen LogP contribution in [0.25, 0.3) is 0 Å². The van der Waals surface area contributed by atoms with Crippen molar-refractivity contribution in [2.75, 3.05) is 0 Å². The van der Waals surface area contributed by atoms with Gasteiger partial charge in [-0.15, -0.1) is 0 Å². The summed E-state index contributed by atoms with van der Waals surface area (Å²) in [5.74, 6) is 0. The number of hydrogen-bond acceptors (Lipinski definition) is 6. The van der Waals surface area contributed by atoms with E-state index in [-0.39, 0.29) is 113 Å². The number of urea groups is 6. The molecule has 30 heteroatoms. The Kier molecular flexibility index (Phi) is 554. The molecule has 0 aliphatic heterocycles. The largest absolute Gasteiger partial charge is 5.00 e. The fourth-order valence-corrected chi connectivity index (χ4v) is 0. The maximum absolute atomic E-state index is 9.00. The van der Waals surface area contributed by atoms with Crippen LogP contribution in [0.5, 0.6) is 0 Å². The first kappa shape index (κ1) is 148. The van der Waals surface area contributed by atoms with E-state index in [4.69, 9.17) is 28.8 Å². The third kappa shape index (κ3) is 4210. The van der Waals surface area contributed by atoms with Crippen molar-refractivity contribution in [1.82, 2.24) is 0 Å². The van der Waals surface area contributed by atoms with Crippen LogP contribution in [-0.4, -0.2) is 41.7 Å². The third-order valence-corrected chi connectivity index (χ3v) is 0. The van der Waals surface area contributed by atoms with Gasteiger partial charge in [-0.1, -0.05) is 0 Å². The number of primary amides is 12. The second kappa shape index (κ2) is 135. The summed E-state index contributed by atoms with van der Waals surface area (Å²) in [4.78, 5) is 54.0. The zero-order valence-corrected chi connectivity index (χ0v) is 22.7. The number of amides is 12. The molecule has 12 amide bonds. The molecule has 0 aromatic rings. The summed E-state index contributed by atoms with van der Waals surface area (Å²) in [6.07, 6.45) is 0. The predicted octanol–water partition coefficient (Wildman–Crippen LogP) is -10.5. The van der Waals surface area contributed by atoms with E-state index < -0.39 is 36.2 Å². The van der Waals surface area contributed by atoms with Crippen LogP contribution >= 0.6 is 0 Å². The molecule has 0 spiro atoms. The number of hydrogen-bond donors (Lipinski definition) is 12.